The summed E-state index contributed by atoms with van der Waals surface area (Å²) in [7, 11) is -6.09. The second-order valence-electron chi connectivity index (χ2n) is 7.13. The van der Waals surface area contributed by atoms with Crippen molar-refractivity contribution in [3.05, 3.63) is 108 Å². The third-order valence-corrected chi connectivity index (χ3v) is 6.67. The first-order valence-electron chi connectivity index (χ1n) is 9.65. The maximum Gasteiger partial charge on any atom is 0.485 e. The molecule has 188 valence electrons. The van der Waals surface area contributed by atoms with Crippen LogP contribution in [0.1, 0.15) is 32.6 Å². The number of benzene rings is 3. The van der Waals surface area contributed by atoms with Gasteiger partial charge in [0.2, 0.25) is 0 Å². The van der Waals surface area contributed by atoms with Gasteiger partial charge in [0.1, 0.15) is 0 Å². The molecule has 3 rings (SSSR count). The molecule has 0 heterocycles. The highest BCUT2D eigenvalue weighted by Crippen LogP contribution is 2.20. The zero-order chi connectivity index (χ0) is 27.0. The quantitative estimate of drug-likeness (QED) is 0.110. The van der Waals surface area contributed by atoms with E-state index in [1.807, 2.05) is 6.07 Å². The topological polar surface area (TPSA) is 117 Å². The molecule has 0 fully saturated rings. The molecule has 3 aromatic carbocycles. The molecule has 0 aliphatic carbocycles. The number of ketones is 1. The lowest BCUT2D eigenvalue weighted by atomic mass is 10.0. The van der Waals surface area contributed by atoms with E-state index in [2.05, 4.69) is 55.5 Å². The molecule has 0 aliphatic rings. The lowest BCUT2D eigenvalue weighted by Gasteiger charge is -2.08. The van der Waals surface area contributed by atoms with Gasteiger partial charge in [-0.3, -0.25) is 14.9 Å². The number of non-ortho nitro benzene ring substituents is 1. The van der Waals surface area contributed by atoms with Crippen LogP contribution in [-0.2, 0) is 10.1 Å². The Labute approximate surface area is 214 Å². The number of alkyl halides is 3. The summed E-state index contributed by atoms with van der Waals surface area (Å²) < 4.78 is 60.3. The predicted molar refractivity (Wildman–Crippen MR) is 119 cm³/mol. The van der Waals surface area contributed by atoms with Crippen LogP contribution in [0, 0.1) is 34.5 Å². The average Bonchev–Trinajstić information content (AvgIpc) is 2.77. The molecule has 0 N–H and O–H groups in total. The smallest absolute Gasteiger partial charge is 0.485 e. The molecule has 0 amide bonds. The van der Waals surface area contributed by atoms with E-state index in [0.717, 1.165) is 0 Å². The molecule has 0 atom stereocenters. The van der Waals surface area contributed by atoms with Crippen molar-refractivity contribution < 1.29 is 58.5 Å². The number of nitro groups is 1. The van der Waals surface area contributed by atoms with Crippen LogP contribution in [0.3, 0.4) is 0 Å². The third-order valence-electron chi connectivity index (χ3n) is 4.26. The Morgan fingerprint density at radius 2 is 1.29 bits per heavy atom. The van der Waals surface area contributed by atoms with Crippen molar-refractivity contribution in [2.45, 2.75) is 26.3 Å². The molecule has 7 nitrogen and oxygen atoms in total. The van der Waals surface area contributed by atoms with Gasteiger partial charge in [0.25, 0.3) is 28.3 Å². The van der Waals surface area contributed by atoms with E-state index in [1.54, 1.807) is 24.3 Å². The summed E-state index contributed by atoms with van der Waals surface area (Å²) in [6.45, 7) is 6.47. The van der Waals surface area contributed by atoms with Crippen molar-refractivity contribution in [3.8, 4) is 0 Å². The van der Waals surface area contributed by atoms with E-state index >= 15 is 0 Å². The first-order valence-corrected chi connectivity index (χ1v) is 12.2. The number of rotatable bonds is 3. The Morgan fingerprint density at radius 1 is 0.886 bits per heavy atom. The summed E-state index contributed by atoms with van der Waals surface area (Å²) in [5.41, 5.74) is -0.475. The minimum absolute atomic E-state index is 0.0189. The number of nitrogens with zero attached hydrogens (tertiary/aromatic N) is 1. The average molecular weight is 623 g/mol. The largest absolute Gasteiger partial charge is 0.741 e. The van der Waals surface area contributed by atoms with Crippen LogP contribution in [0.4, 0.5) is 18.9 Å². The fraction of sp³-hybridized carbons (Fsp3) is 0.174. The number of hydrogen-bond donors (Lipinski definition) is 0. The molecule has 35 heavy (non-hydrogen) atoms. The highest BCUT2D eigenvalue weighted by Gasteiger charge is 2.36. The Balaban J connectivity index is 0.000000290. The predicted octanol–water partition coefficient (Wildman–Crippen LogP) is 1.94. The van der Waals surface area contributed by atoms with Gasteiger partial charge in [-0.25, -0.2) is 8.42 Å². The minimum atomic E-state index is -6.09. The van der Waals surface area contributed by atoms with E-state index in [0.29, 0.717) is 11.1 Å². The summed E-state index contributed by atoms with van der Waals surface area (Å²) in [6, 6.07) is 18.8. The summed E-state index contributed by atoms with van der Waals surface area (Å²) in [4.78, 5) is 21.9. The molecule has 12 heteroatoms. The van der Waals surface area contributed by atoms with E-state index in [1.165, 1.54) is 44.5 Å². The fourth-order valence-electron chi connectivity index (χ4n) is 2.66. The van der Waals surface area contributed by atoms with Crippen LogP contribution in [0.5, 0.6) is 0 Å². The van der Waals surface area contributed by atoms with E-state index < -0.39 is 20.5 Å². The molecular formula is C23H21F3INO6S. The second-order valence-corrected chi connectivity index (χ2v) is 9.66. The van der Waals surface area contributed by atoms with Gasteiger partial charge in [-0.15, -0.1) is 0 Å². The molecule has 0 radical (unpaired) electrons. The molecule has 0 bridgehead atoms. The molecule has 0 aliphatic heterocycles. The van der Waals surface area contributed by atoms with Crippen LogP contribution in [0.15, 0.2) is 66.7 Å². The Hall–Kier alpha value is -2.84. The molecular weight excluding hydrogens is 602 g/mol. The van der Waals surface area contributed by atoms with Gasteiger partial charge in [0.05, 0.1) is 4.92 Å². The van der Waals surface area contributed by atoms with Crippen LogP contribution >= 0.6 is 0 Å². The van der Waals surface area contributed by atoms with Crippen LogP contribution in [-0.4, -0.2) is 29.2 Å². The molecule has 3 aromatic rings. The SMILES string of the molecule is Cc1cc(C)c([IH+])c(C)c1.O=C(c1ccccc1)c1ccc([N+](=O)[O-])cc1.O=S(=O)([O-])C(F)(F)F. The van der Waals surface area contributed by atoms with Crippen molar-refractivity contribution in [2.24, 2.45) is 0 Å². The van der Waals surface area contributed by atoms with Gasteiger partial charge in [-0.2, -0.15) is 13.2 Å². The second kappa shape index (κ2) is 12.7. The van der Waals surface area contributed by atoms with Crippen LogP contribution in [0.25, 0.3) is 0 Å². The molecule has 0 saturated heterocycles. The summed E-state index contributed by atoms with van der Waals surface area (Å²) in [5, 5.41) is 10.5. The Bertz CT molecular complexity index is 1260. The first-order chi connectivity index (χ1) is 16.0. The van der Waals surface area contributed by atoms with Crippen molar-refractivity contribution >= 4 is 21.6 Å². The number of carbonyl (C=O) groups excluding carboxylic acids is 1. The fourth-order valence-corrected chi connectivity index (χ4v) is 2.99. The normalized spacial score (nSPS) is 10.9. The Kier molecular flexibility index (Phi) is 11.0. The maximum absolute atomic E-state index is 12.0. The highest BCUT2D eigenvalue weighted by atomic mass is 127. The minimum Gasteiger partial charge on any atom is -0.741 e. The van der Waals surface area contributed by atoms with Crippen molar-refractivity contribution in [3.63, 3.8) is 0 Å². The van der Waals surface area contributed by atoms with E-state index in [-0.39, 0.29) is 11.5 Å². The van der Waals surface area contributed by atoms with Gasteiger partial charge in [-0.05, 0) is 32.9 Å². The van der Waals surface area contributed by atoms with Crippen molar-refractivity contribution in [1.29, 1.82) is 0 Å². The lowest BCUT2D eigenvalue weighted by molar-refractivity contribution is -0.384. The summed E-state index contributed by atoms with van der Waals surface area (Å²) in [6.07, 6.45) is 0. The highest BCUT2D eigenvalue weighted by molar-refractivity contribution is 7.86. The van der Waals surface area contributed by atoms with Crippen LogP contribution < -0.4 is 22.6 Å². The van der Waals surface area contributed by atoms with Gasteiger partial charge in [0, 0.05) is 34.4 Å². The number of carbonyl (C=O) groups is 1. The van der Waals surface area contributed by atoms with Gasteiger partial charge in [-0.1, -0.05) is 48.0 Å². The van der Waals surface area contributed by atoms with E-state index in [9.17, 15) is 28.1 Å². The molecule has 0 spiro atoms. The number of hydrogen-bond acceptors (Lipinski definition) is 6. The molecule has 0 unspecified atom stereocenters. The van der Waals surface area contributed by atoms with Gasteiger partial charge < -0.3 is 4.55 Å². The number of nitro benzene ring substituents is 1. The van der Waals surface area contributed by atoms with Gasteiger partial charge >= 0.3 is 5.51 Å². The molecule has 0 saturated carbocycles. The number of aryl methyl sites for hydroxylation is 3. The lowest BCUT2D eigenvalue weighted by Crippen LogP contribution is -3.34. The maximum atomic E-state index is 12.0. The zero-order valence-electron chi connectivity index (χ0n) is 18.7. The van der Waals surface area contributed by atoms with Crippen molar-refractivity contribution in [2.75, 3.05) is 0 Å². The number of halogens is 4. The first kappa shape index (κ1) is 30.2. The standard InChI is InChI=1S/C13H9NO3.C9H12I.CHF3O3S/c15-13(10-4-2-1-3-5-10)11-6-8-12(9-7-11)14(16)17;1-6-4-7(2)9(10)8(3)5-6;2-1(3,4)8(5,6)7/h1-9H;4-5,10H,1-3H3;(H,5,6,7)/q;+1;/p-1. The molecule has 0 aromatic heterocycles. The summed E-state index contributed by atoms with van der Waals surface area (Å²) in [5.74, 6) is -0.138. The Morgan fingerprint density at radius 3 is 1.66 bits per heavy atom. The van der Waals surface area contributed by atoms with Crippen LogP contribution in [0.2, 0.25) is 0 Å². The summed E-state index contributed by atoms with van der Waals surface area (Å²) >= 11 is 2.10. The zero-order valence-corrected chi connectivity index (χ0v) is 21.8. The van der Waals surface area contributed by atoms with Gasteiger partial charge in [0.15, 0.2) is 19.5 Å². The monoisotopic (exact) mass is 623 g/mol. The van der Waals surface area contributed by atoms with Crippen molar-refractivity contribution in [1.82, 2.24) is 0 Å². The van der Waals surface area contributed by atoms with E-state index in [4.69, 9.17) is 13.0 Å². The third kappa shape index (κ3) is 9.74.